The van der Waals surface area contributed by atoms with E-state index < -0.39 is 64.9 Å². The van der Waals surface area contributed by atoms with E-state index in [2.05, 4.69) is 36.6 Å². The van der Waals surface area contributed by atoms with Crippen LogP contribution in [0.3, 0.4) is 0 Å². The molecule has 6 N–H and O–H groups in total. The van der Waals surface area contributed by atoms with E-state index in [0.717, 1.165) is 17.5 Å². The number of fused-ring (bicyclic) bond motifs is 5. The molecule has 0 fully saturated rings. The van der Waals surface area contributed by atoms with Gasteiger partial charge in [-0.05, 0) is 111 Å². The number of nitrogens with zero attached hydrogens (tertiary/aromatic N) is 5. The van der Waals surface area contributed by atoms with Crippen molar-refractivity contribution in [2.45, 2.75) is 109 Å². The predicted molar refractivity (Wildman–Crippen MR) is 367 cm³/mol. The van der Waals surface area contributed by atoms with Crippen LogP contribution in [0.4, 0.5) is 14.9 Å². The Balaban J connectivity index is 0.711. The van der Waals surface area contributed by atoms with E-state index >= 15 is 4.39 Å². The van der Waals surface area contributed by atoms with Gasteiger partial charge in [-0.3, -0.25) is 19.2 Å². The van der Waals surface area contributed by atoms with Gasteiger partial charge in [-0.1, -0.05) is 54.5 Å². The number of amides is 4. The van der Waals surface area contributed by atoms with E-state index in [1.807, 2.05) is 37.4 Å². The second kappa shape index (κ2) is 42.4. The minimum absolute atomic E-state index is 0.0269. The van der Waals surface area contributed by atoms with E-state index in [-0.39, 0.29) is 70.0 Å². The van der Waals surface area contributed by atoms with Gasteiger partial charge in [-0.15, -0.1) is 0 Å². The standard InChI is InChI=1S/C71H95FN10O19/c1-4-71(89)55-43-61-65-53(45-82(61)68(86)54(55)47-100-69(71)87)64-57(18-17-52-48(2)56(72)44-59(78-65)63(52)64)80-70(88)101-46-50-13-15-51(16-14-50)76-66(84)58(12-8-9-20-74-3)79-67(85)60(42-49-10-6-5-7-11-49)77-62(83)19-22-90-24-26-92-28-30-94-32-34-96-36-38-98-40-41-99-39-37-97-35-33-95-31-29-93-27-25-91-23-21-75-81-73/h5-7,10-11,13-16,43-44,57-58,60,74,89H,4,8-9,12,17-42,45-47H2,1-3H3,(H,76,84)(H,77,83)(H,79,85)(H,80,88)/t57-,58-,60-,71-/m0/s1. The highest BCUT2D eigenvalue weighted by atomic mass is 19.1. The number of esters is 1. The van der Waals surface area contributed by atoms with Gasteiger partial charge in [0.15, 0.2) is 5.60 Å². The molecular formula is C71H95FN10O19. The number of carbonyl (C=O) groups excluding carboxylic acids is 5. The number of anilines is 1. The third-order valence-corrected chi connectivity index (χ3v) is 17.2. The minimum atomic E-state index is -2.04. The third kappa shape index (κ3) is 23.7. The van der Waals surface area contributed by atoms with Crippen LogP contribution in [0.15, 0.2) is 76.6 Å². The summed E-state index contributed by atoms with van der Waals surface area (Å²) in [7, 11) is 1.83. The zero-order valence-electron chi connectivity index (χ0n) is 57.8. The number of rotatable bonds is 49. The summed E-state index contributed by atoms with van der Waals surface area (Å²) >= 11 is 0. The van der Waals surface area contributed by atoms with Crippen LogP contribution in [-0.4, -0.2) is 209 Å². The molecule has 5 aromatic rings. The van der Waals surface area contributed by atoms with Crippen molar-refractivity contribution in [3.05, 3.63) is 138 Å². The summed E-state index contributed by atoms with van der Waals surface area (Å²) in [6.07, 6.45) is 1.82. The Labute approximate surface area is 586 Å². The van der Waals surface area contributed by atoms with Crippen LogP contribution in [0.2, 0.25) is 0 Å². The summed E-state index contributed by atoms with van der Waals surface area (Å²) in [4.78, 5) is 89.8. The predicted octanol–water partition coefficient (Wildman–Crippen LogP) is 5.85. The number of cyclic esters (lactones) is 1. The molecule has 2 aromatic heterocycles. The van der Waals surface area contributed by atoms with Crippen molar-refractivity contribution in [3.8, 4) is 11.4 Å². The molecule has 0 spiro atoms. The molecule has 0 saturated heterocycles. The maximum Gasteiger partial charge on any atom is 0.407 e. The number of pyridine rings is 2. The molecule has 29 nitrogen and oxygen atoms in total. The molecule has 550 valence electrons. The Morgan fingerprint density at radius 1 is 0.733 bits per heavy atom. The largest absolute Gasteiger partial charge is 0.458 e. The van der Waals surface area contributed by atoms with Crippen LogP contribution in [0.25, 0.3) is 32.7 Å². The number of unbranched alkanes of at least 4 members (excludes halogenated alkanes) is 1. The number of aryl methyl sites for hydroxylation is 1. The van der Waals surface area contributed by atoms with Crippen LogP contribution in [0.1, 0.15) is 96.0 Å². The molecule has 8 rings (SSSR count). The highest BCUT2D eigenvalue weighted by Gasteiger charge is 2.46. The Bertz CT molecular complexity index is 3600. The molecule has 4 atom stereocenters. The number of hydrogen-bond donors (Lipinski definition) is 6. The molecule has 2 aliphatic heterocycles. The van der Waals surface area contributed by atoms with Crippen molar-refractivity contribution in [2.24, 2.45) is 5.11 Å². The van der Waals surface area contributed by atoms with E-state index in [9.17, 15) is 33.9 Å². The van der Waals surface area contributed by atoms with Crippen molar-refractivity contribution in [1.29, 1.82) is 0 Å². The maximum absolute atomic E-state index is 15.5. The lowest BCUT2D eigenvalue weighted by atomic mass is 9.81. The smallest absolute Gasteiger partial charge is 0.407 e. The first-order chi connectivity index (χ1) is 49.2. The van der Waals surface area contributed by atoms with Crippen molar-refractivity contribution in [1.82, 2.24) is 30.8 Å². The lowest BCUT2D eigenvalue weighted by molar-refractivity contribution is -0.172. The quantitative estimate of drug-likeness (QED) is 0.00857. The number of carbonyl (C=O) groups is 5. The van der Waals surface area contributed by atoms with Crippen LogP contribution in [-0.2, 0) is 114 Å². The average molecular weight is 1410 g/mol. The first-order valence-corrected chi connectivity index (χ1v) is 34.5. The summed E-state index contributed by atoms with van der Waals surface area (Å²) in [5, 5.41) is 30.3. The Hall–Kier alpha value is -8.07. The van der Waals surface area contributed by atoms with E-state index in [0.29, 0.717) is 201 Å². The van der Waals surface area contributed by atoms with Crippen molar-refractivity contribution in [2.75, 3.05) is 158 Å². The number of alkyl carbamates (subject to hydrolysis) is 1. The van der Waals surface area contributed by atoms with Crippen molar-refractivity contribution in [3.63, 3.8) is 0 Å². The van der Waals surface area contributed by atoms with Crippen molar-refractivity contribution >= 4 is 46.4 Å². The lowest BCUT2D eigenvalue weighted by Gasteiger charge is -2.31. The fraction of sp³-hybridized carbons (Fsp3) is 0.563. The molecule has 0 unspecified atom stereocenters. The molecule has 0 radical (unpaired) electrons. The summed E-state index contributed by atoms with van der Waals surface area (Å²) in [5.74, 6) is -2.71. The average Bonchev–Trinajstić information content (AvgIpc) is 1.63. The number of nitrogens with one attached hydrogen (secondary N) is 5. The third-order valence-electron chi connectivity index (χ3n) is 17.2. The number of ether oxygens (including phenoxy) is 12. The van der Waals surface area contributed by atoms with Crippen LogP contribution in [0.5, 0.6) is 0 Å². The minimum Gasteiger partial charge on any atom is -0.458 e. The summed E-state index contributed by atoms with van der Waals surface area (Å²) in [6, 6.07) is 16.3. The molecule has 3 aliphatic rings. The molecule has 0 saturated carbocycles. The second-order valence-electron chi connectivity index (χ2n) is 24.1. The number of hydrogen-bond acceptors (Lipinski definition) is 22. The van der Waals surface area contributed by atoms with Crippen LogP contribution in [0, 0.1) is 12.7 Å². The Morgan fingerprint density at radius 2 is 1.32 bits per heavy atom. The van der Waals surface area contributed by atoms with Gasteiger partial charge >= 0.3 is 12.1 Å². The van der Waals surface area contributed by atoms with E-state index in [1.54, 1.807) is 44.2 Å². The molecule has 3 aromatic carbocycles. The second-order valence-corrected chi connectivity index (χ2v) is 24.1. The highest BCUT2D eigenvalue weighted by molar-refractivity contribution is 5.99. The molecule has 0 bridgehead atoms. The van der Waals surface area contributed by atoms with Gasteiger partial charge in [0.25, 0.3) is 5.56 Å². The van der Waals surface area contributed by atoms with Gasteiger partial charge in [0.05, 0.1) is 167 Å². The van der Waals surface area contributed by atoms with E-state index in [1.165, 1.54) is 10.6 Å². The number of aromatic nitrogens is 2. The molecular weight excluding hydrogens is 1320 g/mol. The topological polar surface area (TPSA) is 360 Å². The highest BCUT2D eigenvalue weighted by Crippen LogP contribution is 2.46. The summed E-state index contributed by atoms with van der Waals surface area (Å²) in [6.45, 7) is 11.7. The first kappa shape index (κ1) is 78.6. The van der Waals surface area contributed by atoms with Crippen LogP contribution >= 0.6 is 0 Å². The normalized spacial score (nSPS) is 15.6. The zero-order valence-corrected chi connectivity index (χ0v) is 57.8. The van der Waals surface area contributed by atoms with Gasteiger partial charge in [0.1, 0.15) is 31.1 Å². The van der Waals surface area contributed by atoms with Gasteiger partial charge < -0.3 is 93.1 Å². The van der Waals surface area contributed by atoms with Crippen LogP contribution < -0.4 is 32.1 Å². The first-order valence-electron chi connectivity index (χ1n) is 34.5. The van der Waals surface area contributed by atoms with E-state index in [4.69, 9.17) is 67.4 Å². The summed E-state index contributed by atoms with van der Waals surface area (Å²) < 4.78 is 83.1. The number of halogens is 1. The number of benzene rings is 3. The number of azide groups is 1. The van der Waals surface area contributed by atoms with Gasteiger partial charge in [-0.25, -0.2) is 19.0 Å². The van der Waals surface area contributed by atoms with Gasteiger partial charge in [-0.2, -0.15) is 0 Å². The van der Waals surface area contributed by atoms with Gasteiger partial charge in [0.2, 0.25) is 17.7 Å². The Kier molecular flexibility index (Phi) is 33.0. The molecule has 4 amide bonds. The van der Waals surface area contributed by atoms with Crippen molar-refractivity contribution < 1.29 is 90.3 Å². The number of aliphatic hydroxyl groups is 1. The molecule has 4 heterocycles. The zero-order chi connectivity index (χ0) is 71.6. The monoisotopic (exact) mass is 1410 g/mol. The maximum atomic E-state index is 15.5. The molecule has 101 heavy (non-hydrogen) atoms. The lowest BCUT2D eigenvalue weighted by Crippen LogP contribution is -2.53. The molecule has 30 heteroatoms. The fourth-order valence-electron chi connectivity index (χ4n) is 11.9. The SMILES string of the molecule is CC[C@@]1(O)C(=O)OCc2c1cc1n(c2=O)Cc2c-1nc1cc(F)c(C)c3c1c2[C@@H](NC(=O)OCc1ccc(NC(=O)[C@H](CCCCNC)NC(=O)[C@H](Cc2ccccc2)NC(=O)CCOCCOCCOCCOCCOCCOCCOCCOCCOCCOCCN=[N+]=[N-])cc1)CC3. The fourth-order valence-corrected chi connectivity index (χ4v) is 11.9. The Morgan fingerprint density at radius 3 is 1.89 bits per heavy atom. The van der Waals surface area contributed by atoms with Gasteiger partial charge in [0, 0.05) is 52.6 Å². The summed E-state index contributed by atoms with van der Waals surface area (Å²) in [5.41, 5.74) is 11.5. The molecule has 1 aliphatic carbocycles.